The predicted octanol–water partition coefficient (Wildman–Crippen LogP) is 1.57. The molecule has 5 heteroatoms. The maximum absolute atomic E-state index is 12.3. The molecule has 2 rings (SSSR count). The number of likely N-dealkylation sites (tertiary alicyclic amines) is 1. The lowest BCUT2D eigenvalue weighted by molar-refractivity contribution is -0.124. The van der Waals surface area contributed by atoms with E-state index in [-0.39, 0.29) is 5.91 Å². The highest BCUT2D eigenvalue weighted by Gasteiger charge is 2.34. The number of aliphatic hydroxyl groups is 1. The van der Waals surface area contributed by atoms with Crippen molar-refractivity contribution in [3.8, 4) is 6.07 Å². The molecule has 0 bridgehead atoms. The summed E-state index contributed by atoms with van der Waals surface area (Å²) in [5.41, 5.74) is -1.25. The van der Waals surface area contributed by atoms with Gasteiger partial charge in [0.25, 0.3) is 0 Å². The number of nitrogens with zero attached hydrogens (tertiary/aromatic N) is 2. The van der Waals surface area contributed by atoms with Crippen LogP contribution in [0.15, 0.2) is 0 Å². The molecule has 0 aromatic heterocycles. The number of carbonyl (C=O) groups excluding carboxylic acids is 1. The Morgan fingerprint density at radius 1 is 1.19 bits per heavy atom. The Morgan fingerprint density at radius 2 is 1.90 bits per heavy atom. The second-order valence-electron chi connectivity index (χ2n) is 6.93. The molecule has 2 aliphatic rings. The minimum absolute atomic E-state index is 0.0556. The van der Waals surface area contributed by atoms with Crippen LogP contribution in [-0.4, -0.2) is 46.7 Å². The molecule has 0 spiro atoms. The number of carbonyl (C=O) groups is 1. The van der Waals surface area contributed by atoms with E-state index < -0.39 is 11.1 Å². The van der Waals surface area contributed by atoms with Gasteiger partial charge in [-0.25, -0.2) is 0 Å². The molecule has 5 nitrogen and oxygen atoms in total. The van der Waals surface area contributed by atoms with Crippen LogP contribution >= 0.6 is 0 Å². The molecule has 1 amide bonds. The summed E-state index contributed by atoms with van der Waals surface area (Å²) in [6.07, 6.45) is 7.11. The minimum atomic E-state index is -0.646. The molecule has 1 unspecified atom stereocenters. The summed E-state index contributed by atoms with van der Waals surface area (Å²) < 4.78 is 0. The Bertz CT molecular complexity index is 408. The van der Waals surface area contributed by atoms with Crippen LogP contribution in [0.3, 0.4) is 0 Å². The second-order valence-corrected chi connectivity index (χ2v) is 6.93. The van der Waals surface area contributed by atoms with E-state index in [0.29, 0.717) is 13.0 Å². The van der Waals surface area contributed by atoms with E-state index in [1.807, 2.05) is 6.92 Å². The van der Waals surface area contributed by atoms with Crippen LogP contribution < -0.4 is 5.32 Å². The van der Waals surface area contributed by atoms with E-state index in [2.05, 4.69) is 16.3 Å². The summed E-state index contributed by atoms with van der Waals surface area (Å²) in [5.74, 6) is -0.0556. The molecule has 1 heterocycles. The van der Waals surface area contributed by atoms with Gasteiger partial charge in [0.15, 0.2) is 0 Å². The van der Waals surface area contributed by atoms with Gasteiger partial charge in [0.2, 0.25) is 5.91 Å². The van der Waals surface area contributed by atoms with E-state index in [9.17, 15) is 15.2 Å². The van der Waals surface area contributed by atoms with E-state index >= 15 is 0 Å². The maximum Gasteiger partial charge on any atom is 0.235 e. The van der Waals surface area contributed by atoms with Crippen molar-refractivity contribution in [1.82, 2.24) is 10.2 Å². The highest BCUT2D eigenvalue weighted by Crippen LogP contribution is 2.27. The molecule has 1 aliphatic heterocycles. The van der Waals surface area contributed by atoms with Crippen LogP contribution in [0.25, 0.3) is 0 Å². The summed E-state index contributed by atoms with van der Waals surface area (Å²) >= 11 is 0. The predicted molar refractivity (Wildman–Crippen MR) is 80.5 cm³/mol. The van der Waals surface area contributed by atoms with Gasteiger partial charge in [-0.3, -0.25) is 9.69 Å². The van der Waals surface area contributed by atoms with Gasteiger partial charge in [-0.1, -0.05) is 19.3 Å². The average molecular weight is 293 g/mol. The van der Waals surface area contributed by atoms with Crippen LogP contribution in [0.5, 0.6) is 0 Å². The van der Waals surface area contributed by atoms with Gasteiger partial charge in [-0.15, -0.1) is 0 Å². The largest absolute Gasteiger partial charge is 0.390 e. The minimum Gasteiger partial charge on any atom is -0.390 e. The van der Waals surface area contributed by atoms with Crippen LogP contribution in [0.2, 0.25) is 0 Å². The number of amides is 1. The summed E-state index contributed by atoms with van der Waals surface area (Å²) in [6.45, 7) is 3.77. The first-order valence-electron chi connectivity index (χ1n) is 8.12. The molecule has 2 fully saturated rings. The fourth-order valence-electron chi connectivity index (χ4n) is 3.41. The number of hydrogen-bond acceptors (Lipinski definition) is 4. The lowest BCUT2D eigenvalue weighted by atomic mass is 9.83. The fraction of sp³-hybridized carbons (Fsp3) is 0.875. The standard InChI is InChI=1S/C16H27N3O2/c1-15(21)6-5-10-19(11-9-15)12-14(20)18-16(13-17)7-3-2-4-8-16/h21H,2-12H2,1H3,(H,18,20). The van der Waals surface area contributed by atoms with Crippen molar-refractivity contribution in [3.63, 3.8) is 0 Å². The van der Waals surface area contributed by atoms with E-state index in [1.54, 1.807) is 0 Å². The van der Waals surface area contributed by atoms with Gasteiger partial charge in [0.05, 0.1) is 18.2 Å². The quantitative estimate of drug-likeness (QED) is 0.828. The van der Waals surface area contributed by atoms with Crippen molar-refractivity contribution in [3.05, 3.63) is 0 Å². The summed E-state index contributed by atoms with van der Waals surface area (Å²) in [4.78, 5) is 14.3. The lowest BCUT2D eigenvalue weighted by Gasteiger charge is -2.32. The molecule has 1 atom stereocenters. The van der Waals surface area contributed by atoms with E-state index in [1.165, 1.54) is 0 Å². The maximum atomic E-state index is 12.3. The molecule has 2 N–H and O–H groups in total. The van der Waals surface area contributed by atoms with Gasteiger partial charge in [-0.05, 0) is 45.6 Å². The van der Waals surface area contributed by atoms with E-state index in [4.69, 9.17) is 0 Å². The SMILES string of the molecule is CC1(O)CCCN(CC(=O)NC2(C#N)CCCCC2)CC1. The van der Waals surface area contributed by atoms with Gasteiger partial charge in [0.1, 0.15) is 5.54 Å². The lowest BCUT2D eigenvalue weighted by Crippen LogP contribution is -2.51. The third-order valence-corrected chi connectivity index (χ3v) is 4.82. The first kappa shape index (κ1) is 16.3. The molecule has 118 valence electrons. The number of nitrogens with one attached hydrogen (secondary N) is 1. The summed E-state index contributed by atoms with van der Waals surface area (Å²) in [6, 6.07) is 2.32. The van der Waals surface area contributed by atoms with Crippen molar-refractivity contribution in [2.75, 3.05) is 19.6 Å². The van der Waals surface area contributed by atoms with Crippen LogP contribution in [0.1, 0.15) is 58.3 Å². The van der Waals surface area contributed by atoms with Crippen molar-refractivity contribution < 1.29 is 9.90 Å². The van der Waals surface area contributed by atoms with Crippen LogP contribution in [0, 0.1) is 11.3 Å². The zero-order valence-corrected chi connectivity index (χ0v) is 13.0. The van der Waals surface area contributed by atoms with Crippen LogP contribution in [-0.2, 0) is 4.79 Å². The number of rotatable bonds is 3. The molecule has 1 saturated carbocycles. The van der Waals surface area contributed by atoms with Gasteiger partial charge < -0.3 is 10.4 Å². The number of nitriles is 1. The highest BCUT2D eigenvalue weighted by molar-refractivity contribution is 5.79. The van der Waals surface area contributed by atoms with Gasteiger partial charge in [0, 0.05) is 6.54 Å². The molecule has 0 aromatic carbocycles. The van der Waals surface area contributed by atoms with Crippen molar-refractivity contribution in [2.45, 2.75) is 69.4 Å². The molecule has 0 aromatic rings. The zero-order valence-electron chi connectivity index (χ0n) is 13.0. The molecule has 0 radical (unpaired) electrons. The Morgan fingerprint density at radius 3 is 2.57 bits per heavy atom. The summed E-state index contributed by atoms with van der Waals surface area (Å²) in [7, 11) is 0. The van der Waals surface area contributed by atoms with Gasteiger partial charge >= 0.3 is 0 Å². The molecular formula is C16H27N3O2. The van der Waals surface area contributed by atoms with Crippen LogP contribution in [0.4, 0.5) is 0 Å². The average Bonchev–Trinajstić information content (AvgIpc) is 2.61. The molecule has 1 aliphatic carbocycles. The summed E-state index contributed by atoms with van der Waals surface area (Å²) in [5, 5.41) is 22.4. The Kier molecular flexibility index (Phi) is 5.23. The third kappa shape index (κ3) is 4.69. The first-order chi connectivity index (χ1) is 9.95. The Labute approximate surface area is 127 Å². The number of hydrogen-bond donors (Lipinski definition) is 2. The first-order valence-corrected chi connectivity index (χ1v) is 8.12. The smallest absolute Gasteiger partial charge is 0.235 e. The Balaban J connectivity index is 1.85. The van der Waals surface area contributed by atoms with E-state index in [0.717, 1.165) is 58.0 Å². The van der Waals surface area contributed by atoms with Gasteiger partial charge in [-0.2, -0.15) is 5.26 Å². The molecule has 1 saturated heterocycles. The second kappa shape index (κ2) is 6.76. The zero-order chi connectivity index (χ0) is 15.3. The Hall–Kier alpha value is -1.12. The highest BCUT2D eigenvalue weighted by atomic mass is 16.3. The molecular weight excluding hydrogens is 266 g/mol. The third-order valence-electron chi connectivity index (χ3n) is 4.82. The van der Waals surface area contributed by atoms with Crippen molar-refractivity contribution in [2.24, 2.45) is 0 Å². The van der Waals surface area contributed by atoms with Crippen molar-refractivity contribution in [1.29, 1.82) is 5.26 Å². The topological polar surface area (TPSA) is 76.4 Å². The van der Waals surface area contributed by atoms with Crippen molar-refractivity contribution >= 4 is 5.91 Å². The normalized spacial score (nSPS) is 30.1. The fourth-order valence-corrected chi connectivity index (χ4v) is 3.41. The molecule has 21 heavy (non-hydrogen) atoms. The monoisotopic (exact) mass is 293 g/mol.